The van der Waals surface area contributed by atoms with Gasteiger partial charge in [0.25, 0.3) is 0 Å². The summed E-state index contributed by atoms with van der Waals surface area (Å²) in [5, 5.41) is 0. The largest absolute Gasteiger partial charge is 0.401 e. The van der Waals surface area contributed by atoms with Gasteiger partial charge in [0.05, 0.1) is 6.54 Å². The Morgan fingerprint density at radius 2 is 1.75 bits per heavy atom. The summed E-state index contributed by atoms with van der Waals surface area (Å²) < 4.78 is 35.6. The van der Waals surface area contributed by atoms with Crippen LogP contribution in [0.15, 0.2) is 0 Å². The van der Waals surface area contributed by atoms with Crippen LogP contribution in [0.1, 0.15) is 26.7 Å². The average Bonchev–Trinajstić information content (AvgIpc) is 1.95. The molecule has 0 heterocycles. The van der Waals surface area contributed by atoms with Gasteiger partial charge in [-0.05, 0) is 19.5 Å². The van der Waals surface area contributed by atoms with E-state index in [4.69, 9.17) is 0 Å². The van der Waals surface area contributed by atoms with Crippen LogP contribution in [0.3, 0.4) is 0 Å². The van der Waals surface area contributed by atoms with Gasteiger partial charge in [-0.2, -0.15) is 13.2 Å². The first-order valence-electron chi connectivity index (χ1n) is 4.28. The van der Waals surface area contributed by atoms with Crippen LogP contribution in [0.25, 0.3) is 0 Å². The maximum absolute atomic E-state index is 11.9. The summed E-state index contributed by atoms with van der Waals surface area (Å²) in [6.45, 7) is 3.97. The van der Waals surface area contributed by atoms with Gasteiger partial charge in [-0.15, -0.1) is 0 Å². The van der Waals surface area contributed by atoms with E-state index >= 15 is 0 Å². The molecule has 0 spiro atoms. The van der Waals surface area contributed by atoms with E-state index in [1.54, 1.807) is 6.92 Å². The highest BCUT2D eigenvalue weighted by atomic mass is 19.4. The van der Waals surface area contributed by atoms with E-state index in [0.717, 1.165) is 12.8 Å². The Bertz CT molecular complexity index is 111. The van der Waals surface area contributed by atoms with Crippen molar-refractivity contribution in [1.29, 1.82) is 0 Å². The maximum atomic E-state index is 11.9. The number of halogens is 3. The monoisotopic (exact) mass is 183 g/mol. The lowest BCUT2D eigenvalue weighted by molar-refractivity contribution is -0.145. The van der Waals surface area contributed by atoms with Crippen LogP contribution in [0.5, 0.6) is 0 Å². The van der Waals surface area contributed by atoms with Crippen LogP contribution in [0, 0.1) is 0 Å². The molecule has 0 unspecified atom stereocenters. The van der Waals surface area contributed by atoms with Crippen molar-refractivity contribution in [2.45, 2.75) is 32.9 Å². The number of nitrogens with zero attached hydrogens (tertiary/aromatic N) is 1. The van der Waals surface area contributed by atoms with Gasteiger partial charge < -0.3 is 0 Å². The molecule has 0 aromatic heterocycles. The molecule has 0 aliphatic rings. The summed E-state index contributed by atoms with van der Waals surface area (Å²) in [6, 6.07) is 0. The number of hydrogen-bond acceptors (Lipinski definition) is 1. The van der Waals surface area contributed by atoms with Crippen molar-refractivity contribution < 1.29 is 13.2 Å². The molecule has 0 N–H and O–H groups in total. The Morgan fingerprint density at radius 1 is 1.17 bits per heavy atom. The predicted molar refractivity (Wildman–Crippen MR) is 43.1 cm³/mol. The molecule has 0 amide bonds. The average molecular weight is 183 g/mol. The molecule has 12 heavy (non-hydrogen) atoms. The molecule has 1 nitrogen and oxygen atoms in total. The number of rotatable bonds is 5. The van der Waals surface area contributed by atoms with Gasteiger partial charge in [0.2, 0.25) is 0 Å². The Balaban J connectivity index is 3.67. The first-order valence-corrected chi connectivity index (χ1v) is 4.28. The Labute approximate surface area is 71.6 Å². The van der Waals surface area contributed by atoms with Crippen LogP contribution in [-0.2, 0) is 0 Å². The summed E-state index contributed by atoms with van der Waals surface area (Å²) in [7, 11) is 0. The standard InChI is InChI=1S/C8H16F3N/c1-3-5-6-12(4-2)7-8(9,10)11/h3-7H2,1-2H3. The summed E-state index contributed by atoms with van der Waals surface area (Å²) >= 11 is 0. The second-order valence-corrected chi connectivity index (χ2v) is 2.84. The summed E-state index contributed by atoms with van der Waals surface area (Å²) in [6.07, 6.45) is -2.28. The third-order valence-electron chi connectivity index (χ3n) is 1.68. The Hall–Kier alpha value is -0.250. The second kappa shape index (κ2) is 5.41. The molecule has 4 heteroatoms. The van der Waals surface area contributed by atoms with Gasteiger partial charge in [-0.3, -0.25) is 4.90 Å². The SMILES string of the molecule is CCCCN(CC)CC(F)(F)F. The lowest BCUT2D eigenvalue weighted by atomic mass is 10.3. The highest BCUT2D eigenvalue weighted by molar-refractivity contribution is 4.60. The van der Waals surface area contributed by atoms with Crippen LogP contribution in [0.4, 0.5) is 13.2 Å². The third-order valence-corrected chi connectivity index (χ3v) is 1.68. The molecule has 0 rings (SSSR count). The van der Waals surface area contributed by atoms with E-state index in [0.29, 0.717) is 13.1 Å². The van der Waals surface area contributed by atoms with Gasteiger partial charge in [-0.1, -0.05) is 20.3 Å². The molecule has 0 bridgehead atoms. The lowest BCUT2D eigenvalue weighted by Crippen LogP contribution is -2.34. The van der Waals surface area contributed by atoms with E-state index in [2.05, 4.69) is 0 Å². The number of alkyl halides is 3. The minimum Gasteiger partial charge on any atom is -0.295 e. The number of hydrogen-bond donors (Lipinski definition) is 0. The van der Waals surface area contributed by atoms with Gasteiger partial charge in [0.1, 0.15) is 0 Å². The van der Waals surface area contributed by atoms with E-state index in [1.165, 1.54) is 4.90 Å². The topological polar surface area (TPSA) is 3.24 Å². The fourth-order valence-electron chi connectivity index (χ4n) is 0.984. The van der Waals surface area contributed by atoms with Crippen molar-refractivity contribution in [3.8, 4) is 0 Å². The van der Waals surface area contributed by atoms with Crippen molar-refractivity contribution in [2.24, 2.45) is 0 Å². The van der Waals surface area contributed by atoms with Gasteiger partial charge >= 0.3 is 6.18 Å². The zero-order valence-electron chi connectivity index (χ0n) is 7.62. The van der Waals surface area contributed by atoms with Crippen molar-refractivity contribution in [3.63, 3.8) is 0 Å². The van der Waals surface area contributed by atoms with Crippen LogP contribution in [-0.4, -0.2) is 30.7 Å². The predicted octanol–water partition coefficient (Wildman–Crippen LogP) is 2.67. The fourth-order valence-corrected chi connectivity index (χ4v) is 0.984. The van der Waals surface area contributed by atoms with Gasteiger partial charge in [0, 0.05) is 0 Å². The zero-order chi connectivity index (χ0) is 9.61. The highest BCUT2D eigenvalue weighted by Gasteiger charge is 2.29. The molecule has 0 aromatic rings. The van der Waals surface area contributed by atoms with E-state index in [1.807, 2.05) is 6.92 Å². The second-order valence-electron chi connectivity index (χ2n) is 2.84. The normalized spacial score (nSPS) is 12.5. The third kappa shape index (κ3) is 6.46. The first kappa shape index (κ1) is 11.8. The lowest BCUT2D eigenvalue weighted by Gasteiger charge is -2.21. The first-order chi connectivity index (χ1) is 5.49. The molecule has 0 radical (unpaired) electrons. The molecule has 0 saturated carbocycles. The van der Waals surface area contributed by atoms with Crippen LogP contribution in [0.2, 0.25) is 0 Å². The van der Waals surface area contributed by atoms with Crippen molar-refractivity contribution in [2.75, 3.05) is 19.6 Å². The molecule has 0 saturated heterocycles. The molecule has 0 aliphatic carbocycles. The Kier molecular flexibility index (Phi) is 5.29. The summed E-state index contributed by atoms with van der Waals surface area (Å²) in [5.74, 6) is 0. The van der Waals surface area contributed by atoms with Crippen molar-refractivity contribution in [1.82, 2.24) is 4.90 Å². The summed E-state index contributed by atoms with van der Waals surface area (Å²) in [4.78, 5) is 1.42. The highest BCUT2D eigenvalue weighted by Crippen LogP contribution is 2.16. The maximum Gasteiger partial charge on any atom is 0.401 e. The van der Waals surface area contributed by atoms with Gasteiger partial charge in [0.15, 0.2) is 0 Å². The molecule has 0 aliphatic heterocycles. The minimum atomic E-state index is -4.05. The van der Waals surface area contributed by atoms with Crippen molar-refractivity contribution >= 4 is 0 Å². The van der Waals surface area contributed by atoms with Crippen LogP contribution >= 0.6 is 0 Å². The zero-order valence-corrected chi connectivity index (χ0v) is 7.62. The quantitative estimate of drug-likeness (QED) is 0.633. The van der Waals surface area contributed by atoms with E-state index in [9.17, 15) is 13.2 Å². The number of unbranched alkanes of at least 4 members (excludes halogenated alkanes) is 1. The van der Waals surface area contributed by atoms with E-state index < -0.39 is 12.7 Å². The summed E-state index contributed by atoms with van der Waals surface area (Å²) in [5.41, 5.74) is 0. The molecular formula is C8H16F3N. The molecule has 74 valence electrons. The van der Waals surface area contributed by atoms with Gasteiger partial charge in [-0.25, -0.2) is 0 Å². The van der Waals surface area contributed by atoms with Crippen LogP contribution < -0.4 is 0 Å². The smallest absolute Gasteiger partial charge is 0.295 e. The fraction of sp³-hybridized carbons (Fsp3) is 1.00. The van der Waals surface area contributed by atoms with E-state index in [-0.39, 0.29) is 0 Å². The molecule has 0 atom stereocenters. The molecule has 0 aromatic carbocycles. The molecule has 0 fully saturated rings. The minimum absolute atomic E-state index is 0.472. The Morgan fingerprint density at radius 3 is 2.08 bits per heavy atom. The van der Waals surface area contributed by atoms with Crippen molar-refractivity contribution in [3.05, 3.63) is 0 Å². The molecular weight excluding hydrogens is 167 g/mol.